The molecule has 0 atom stereocenters. The highest BCUT2D eigenvalue weighted by atomic mass is 32.2. The molecule has 0 bridgehead atoms. The van der Waals surface area contributed by atoms with Gasteiger partial charge >= 0.3 is 0 Å². The summed E-state index contributed by atoms with van der Waals surface area (Å²) in [5, 5.41) is 9.01. The minimum absolute atomic E-state index is 0.683. The van der Waals surface area contributed by atoms with Gasteiger partial charge in [-0.3, -0.25) is 0 Å². The Morgan fingerprint density at radius 1 is 1.15 bits per heavy atom. The number of ether oxygens (including phenoxy) is 1. The smallest absolute Gasteiger partial charge is 0.119 e. The van der Waals surface area contributed by atoms with Crippen LogP contribution < -0.4 is 4.74 Å². The summed E-state index contributed by atoms with van der Waals surface area (Å²) in [6.07, 6.45) is 0. The fourth-order valence-electron chi connectivity index (χ4n) is 1.86. The summed E-state index contributed by atoms with van der Waals surface area (Å²) >= 11 is 1.78. The maximum absolute atomic E-state index is 9.01. The van der Waals surface area contributed by atoms with E-state index in [-0.39, 0.29) is 0 Å². The van der Waals surface area contributed by atoms with Crippen LogP contribution in [0, 0.1) is 18.3 Å². The Morgan fingerprint density at radius 2 is 2.00 bits per heavy atom. The molecule has 0 heterocycles. The third-order valence-corrected chi connectivity index (χ3v) is 3.85. The molecule has 0 radical (unpaired) electrons. The summed E-state index contributed by atoms with van der Waals surface area (Å²) in [5.74, 6) is 2.68. The average molecular weight is 283 g/mol. The first-order valence-electron chi connectivity index (χ1n) is 6.55. The lowest BCUT2D eigenvalue weighted by atomic mass is 10.1. The highest BCUT2D eigenvalue weighted by Gasteiger charge is 2.01. The molecule has 0 fully saturated rings. The summed E-state index contributed by atoms with van der Waals surface area (Å²) in [6, 6.07) is 18.0. The number of benzene rings is 2. The number of aryl methyl sites for hydroxylation is 1. The predicted molar refractivity (Wildman–Crippen MR) is 84.0 cm³/mol. The second kappa shape index (κ2) is 7.62. The van der Waals surface area contributed by atoms with Gasteiger partial charge in [0.15, 0.2) is 0 Å². The Kier molecular flexibility index (Phi) is 5.52. The van der Waals surface area contributed by atoms with Crippen molar-refractivity contribution in [2.24, 2.45) is 0 Å². The zero-order valence-electron chi connectivity index (χ0n) is 11.5. The van der Waals surface area contributed by atoms with E-state index < -0.39 is 0 Å². The van der Waals surface area contributed by atoms with Crippen LogP contribution >= 0.6 is 11.8 Å². The normalized spacial score (nSPS) is 10.0. The second-order valence-electron chi connectivity index (χ2n) is 4.49. The molecule has 0 aliphatic heterocycles. The van der Waals surface area contributed by atoms with Crippen LogP contribution in [0.2, 0.25) is 0 Å². The largest absolute Gasteiger partial charge is 0.493 e. The van der Waals surface area contributed by atoms with Gasteiger partial charge in [0, 0.05) is 11.5 Å². The molecule has 0 amide bonds. The van der Waals surface area contributed by atoms with Crippen molar-refractivity contribution >= 4 is 11.8 Å². The van der Waals surface area contributed by atoms with Crippen LogP contribution in [0.4, 0.5) is 0 Å². The monoisotopic (exact) mass is 283 g/mol. The summed E-state index contributed by atoms with van der Waals surface area (Å²) in [5.41, 5.74) is 3.06. The summed E-state index contributed by atoms with van der Waals surface area (Å²) < 4.78 is 5.70. The zero-order valence-corrected chi connectivity index (χ0v) is 12.3. The van der Waals surface area contributed by atoms with Crippen LogP contribution in [0.1, 0.15) is 16.7 Å². The molecule has 0 aliphatic rings. The average Bonchev–Trinajstić information content (AvgIpc) is 2.47. The van der Waals surface area contributed by atoms with Crippen molar-refractivity contribution < 1.29 is 4.74 Å². The van der Waals surface area contributed by atoms with Gasteiger partial charge in [0.05, 0.1) is 18.2 Å². The molecule has 0 spiro atoms. The van der Waals surface area contributed by atoms with Crippen LogP contribution in [-0.2, 0) is 5.75 Å². The van der Waals surface area contributed by atoms with Gasteiger partial charge in [-0.2, -0.15) is 17.0 Å². The molecular weight excluding hydrogens is 266 g/mol. The van der Waals surface area contributed by atoms with Crippen molar-refractivity contribution in [3.8, 4) is 11.8 Å². The molecule has 20 heavy (non-hydrogen) atoms. The first-order chi connectivity index (χ1) is 9.79. The Morgan fingerprint density at radius 3 is 2.80 bits per heavy atom. The highest BCUT2D eigenvalue weighted by molar-refractivity contribution is 7.98. The third kappa shape index (κ3) is 4.32. The minimum Gasteiger partial charge on any atom is -0.493 e. The molecule has 2 nitrogen and oxygen atoms in total. The molecule has 2 aromatic rings. The lowest BCUT2D eigenvalue weighted by Gasteiger charge is -2.07. The van der Waals surface area contributed by atoms with Crippen LogP contribution in [0.15, 0.2) is 48.5 Å². The highest BCUT2D eigenvalue weighted by Crippen LogP contribution is 2.17. The van der Waals surface area contributed by atoms with Crippen molar-refractivity contribution in [1.29, 1.82) is 5.26 Å². The molecule has 3 heteroatoms. The van der Waals surface area contributed by atoms with Gasteiger partial charge in [0.1, 0.15) is 5.75 Å². The van der Waals surface area contributed by atoms with E-state index in [1.807, 2.05) is 42.5 Å². The first kappa shape index (κ1) is 14.5. The van der Waals surface area contributed by atoms with Gasteiger partial charge in [-0.25, -0.2) is 0 Å². The van der Waals surface area contributed by atoms with E-state index in [1.54, 1.807) is 11.8 Å². The van der Waals surface area contributed by atoms with Crippen molar-refractivity contribution in [2.75, 3.05) is 12.4 Å². The molecule has 0 saturated heterocycles. The molecule has 102 valence electrons. The van der Waals surface area contributed by atoms with Crippen molar-refractivity contribution in [3.05, 3.63) is 65.2 Å². The number of nitriles is 1. The van der Waals surface area contributed by atoms with Gasteiger partial charge in [0.25, 0.3) is 0 Å². The van der Waals surface area contributed by atoms with Gasteiger partial charge in [-0.1, -0.05) is 30.3 Å². The number of nitrogens with zero attached hydrogens (tertiary/aromatic N) is 1. The topological polar surface area (TPSA) is 33.0 Å². The molecule has 0 unspecified atom stereocenters. The van der Waals surface area contributed by atoms with Crippen molar-refractivity contribution in [1.82, 2.24) is 0 Å². The second-order valence-corrected chi connectivity index (χ2v) is 5.59. The van der Waals surface area contributed by atoms with E-state index in [9.17, 15) is 0 Å². The fourth-order valence-corrected chi connectivity index (χ4v) is 2.68. The third-order valence-electron chi connectivity index (χ3n) is 2.88. The quantitative estimate of drug-likeness (QED) is 0.746. The van der Waals surface area contributed by atoms with Gasteiger partial charge in [0.2, 0.25) is 0 Å². The fraction of sp³-hybridized carbons (Fsp3) is 0.235. The maximum Gasteiger partial charge on any atom is 0.119 e. The summed E-state index contributed by atoms with van der Waals surface area (Å²) in [6.45, 7) is 2.74. The van der Waals surface area contributed by atoms with E-state index in [0.717, 1.165) is 28.4 Å². The number of rotatable bonds is 6. The van der Waals surface area contributed by atoms with Crippen LogP contribution in [0.3, 0.4) is 0 Å². The van der Waals surface area contributed by atoms with Gasteiger partial charge in [-0.15, -0.1) is 0 Å². The zero-order chi connectivity index (χ0) is 14.2. The molecule has 2 rings (SSSR count). The molecule has 0 aliphatic carbocycles. The molecular formula is C17H17NOS. The van der Waals surface area contributed by atoms with E-state index in [0.29, 0.717) is 6.61 Å². The van der Waals surface area contributed by atoms with Crippen LogP contribution in [0.5, 0.6) is 5.75 Å². The van der Waals surface area contributed by atoms with Gasteiger partial charge < -0.3 is 4.74 Å². The predicted octanol–water partition coefficient (Wildman–Crippen LogP) is 4.18. The van der Waals surface area contributed by atoms with Crippen LogP contribution in [0.25, 0.3) is 0 Å². The Hall–Kier alpha value is -1.92. The van der Waals surface area contributed by atoms with Gasteiger partial charge in [-0.05, 0) is 36.2 Å². The van der Waals surface area contributed by atoms with E-state index in [1.165, 1.54) is 5.56 Å². The van der Waals surface area contributed by atoms with E-state index in [4.69, 9.17) is 10.00 Å². The molecule has 2 aromatic carbocycles. The van der Waals surface area contributed by atoms with E-state index >= 15 is 0 Å². The standard InChI is InChI=1S/C17H17NOS/c1-14-5-4-8-17(11-14)19-9-10-20-13-16-7-3-2-6-15(16)12-18/h2-8,11H,9-10,13H2,1H3. The number of hydrogen-bond acceptors (Lipinski definition) is 3. The molecule has 0 aromatic heterocycles. The van der Waals surface area contributed by atoms with Crippen molar-refractivity contribution in [2.45, 2.75) is 12.7 Å². The number of hydrogen-bond donors (Lipinski definition) is 0. The Balaban J connectivity index is 1.73. The lowest BCUT2D eigenvalue weighted by molar-refractivity contribution is 0.343. The van der Waals surface area contributed by atoms with Crippen molar-refractivity contribution in [3.63, 3.8) is 0 Å². The van der Waals surface area contributed by atoms with E-state index in [2.05, 4.69) is 19.1 Å². The maximum atomic E-state index is 9.01. The SMILES string of the molecule is Cc1cccc(OCCSCc2ccccc2C#N)c1. The molecule has 0 N–H and O–H groups in total. The Labute approximate surface area is 124 Å². The summed E-state index contributed by atoms with van der Waals surface area (Å²) in [4.78, 5) is 0. The summed E-state index contributed by atoms with van der Waals surface area (Å²) in [7, 11) is 0. The number of thioether (sulfide) groups is 1. The Bertz CT molecular complexity index is 604. The first-order valence-corrected chi connectivity index (χ1v) is 7.70. The minimum atomic E-state index is 0.683. The van der Waals surface area contributed by atoms with Crippen LogP contribution in [-0.4, -0.2) is 12.4 Å². The molecule has 0 saturated carbocycles. The lowest BCUT2D eigenvalue weighted by Crippen LogP contribution is -2.00.